The van der Waals surface area contributed by atoms with Gasteiger partial charge in [0.2, 0.25) is 0 Å². The van der Waals surface area contributed by atoms with Gasteiger partial charge in [-0.15, -0.1) is 0 Å². The summed E-state index contributed by atoms with van der Waals surface area (Å²) in [6.07, 6.45) is 1.52. The highest BCUT2D eigenvalue weighted by atomic mass is 32.2. The third-order valence-electron chi connectivity index (χ3n) is 5.31. The Labute approximate surface area is 193 Å². The normalized spacial score (nSPS) is 16.3. The predicted octanol–water partition coefficient (Wildman–Crippen LogP) is 3.78. The highest BCUT2D eigenvalue weighted by Crippen LogP contribution is 2.23. The number of rotatable bonds is 7. The van der Waals surface area contributed by atoms with Gasteiger partial charge in [0.15, 0.2) is 16.4 Å². The van der Waals surface area contributed by atoms with Crippen LogP contribution in [0, 0.1) is 0 Å². The van der Waals surface area contributed by atoms with E-state index in [2.05, 4.69) is 0 Å². The SMILES string of the molecule is O=C(Cc1ccc(-c2ccccc2)cc1)OCC(=O)N(c1ccccc1)C1C=CS(=O)(=O)C1. The lowest BCUT2D eigenvalue weighted by molar-refractivity contribution is -0.147. The number of amides is 1. The van der Waals surface area contributed by atoms with Crippen molar-refractivity contribution in [2.75, 3.05) is 17.3 Å². The summed E-state index contributed by atoms with van der Waals surface area (Å²) in [5, 5.41) is 1.12. The van der Waals surface area contributed by atoms with E-state index in [0.29, 0.717) is 5.69 Å². The number of benzene rings is 3. The van der Waals surface area contributed by atoms with Gasteiger partial charge < -0.3 is 9.64 Å². The Kier molecular flexibility index (Phi) is 6.70. The Bertz CT molecular complexity index is 1250. The van der Waals surface area contributed by atoms with E-state index in [-0.39, 0.29) is 12.2 Å². The molecule has 0 N–H and O–H groups in total. The van der Waals surface area contributed by atoms with Gasteiger partial charge in [-0.25, -0.2) is 8.42 Å². The number of hydrogen-bond donors (Lipinski definition) is 0. The molecule has 0 radical (unpaired) electrons. The Morgan fingerprint density at radius 3 is 2.06 bits per heavy atom. The quantitative estimate of drug-likeness (QED) is 0.500. The zero-order valence-corrected chi connectivity index (χ0v) is 18.6. The van der Waals surface area contributed by atoms with Crippen LogP contribution in [0.15, 0.2) is 96.4 Å². The van der Waals surface area contributed by atoms with E-state index in [0.717, 1.165) is 22.1 Å². The van der Waals surface area contributed by atoms with Crippen LogP contribution >= 0.6 is 0 Å². The predicted molar refractivity (Wildman–Crippen MR) is 127 cm³/mol. The van der Waals surface area contributed by atoms with Crippen molar-refractivity contribution >= 4 is 27.4 Å². The molecule has 7 heteroatoms. The summed E-state index contributed by atoms with van der Waals surface area (Å²) in [5.41, 5.74) is 3.45. The van der Waals surface area contributed by atoms with Crippen LogP contribution < -0.4 is 4.90 Å². The number of anilines is 1. The van der Waals surface area contributed by atoms with Gasteiger partial charge >= 0.3 is 5.97 Å². The highest BCUT2D eigenvalue weighted by Gasteiger charge is 2.31. The first-order chi connectivity index (χ1) is 15.9. The molecular formula is C26H23NO5S. The fraction of sp³-hybridized carbons (Fsp3) is 0.154. The molecule has 0 fully saturated rings. The van der Waals surface area contributed by atoms with Crippen molar-refractivity contribution < 1.29 is 22.7 Å². The van der Waals surface area contributed by atoms with Crippen LogP contribution in [0.2, 0.25) is 0 Å². The molecule has 1 atom stereocenters. The van der Waals surface area contributed by atoms with Crippen molar-refractivity contribution in [2.45, 2.75) is 12.5 Å². The van der Waals surface area contributed by atoms with E-state index in [1.165, 1.54) is 11.0 Å². The highest BCUT2D eigenvalue weighted by molar-refractivity contribution is 7.94. The minimum absolute atomic E-state index is 0.0331. The Balaban J connectivity index is 1.38. The van der Waals surface area contributed by atoms with Crippen molar-refractivity contribution in [3.8, 4) is 11.1 Å². The number of sulfone groups is 1. The number of nitrogens with zero attached hydrogens (tertiary/aromatic N) is 1. The molecule has 1 heterocycles. The minimum atomic E-state index is -3.36. The number of para-hydroxylation sites is 1. The number of ether oxygens (including phenoxy) is 1. The topological polar surface area (TPSA) is 80.8 Å². The van der Waals surface area contributed by atoms with Gasteiger partial charge in [0.05, 0.1) is 18.2 Å². The maximum atomic E-state index is 12.9. The molecule has 3 aromatic carbocycles. The molecule has 4 rings (SSSR count). The van der Waals surface area contributed by atoms with E-state index in [4.69, 9.17) is 4.74 Å². The van der Waals surface area contributed by atoms with E-state index >= 15 is 0 Å². The molecular weight excluding hydrogens is 438 g/mol. The molecule has 1 amide bonds. The smallest absolute Gasteiger partial charge is 0.310 e. The lowest BCUT2D eigenvalue weighted by Crippen LogP contribution is -2.43. The summed E-state index contributed by atoms with van der Waals surface area (Å²) in [5.74, 6) is -1.21. The van der Waals surface area contributed by atoms with Gasteiger partial charge in [-0.2, -0.15) is 0 Å². The molecule has 1 aliphatic heterocycles. The molecule has 0 saturated carbocycles. The van der Waals surface area contributed by atoms with Crippen LogP contribution in [0.3, 0.4) is 0 Å². The third kappa shape index (κ3) is 5.75. The van der Waals surface area contributed by atoms with Crippen LogP contribution in [0.25, 0.3) is 11.1 Å². The van der Waals surface area contributed by atoms with Gasteiger partial charge in [-0.1, -0.05) is 72.8 Å². The molecule has 33 heavy (non-hydrogen) atoms. The van der Waals surface area contributed by atoms with Crippen LogP contribution in [-0.4, -0.2) is 38.7 Å². The zero-order valence-electron chi connectivity index (χ0n) is 17.8. The first kappa shape index (κ1) is 22.5. The number of carbonyl (C=O) groups excluding carboxylic acids is 2. The lowest BCUT2D eigenvalue weighted by Gasteiger charge is -2.27. The van der Waals surface area contributed by atoms with Crippen molar-refractivity contribution in [3.63, 3.8) is 0 Å². The maximum Gasteiger partial charge on any atom is 0.310 e. The Morgan fingerprint density at radius 2 is 1.45 bits per heavy atom. The third-order valence-corrected chi connectivity index (χ3v) is 6.69. The van der Waals surface area contributed by atoms with Gasteiger partial charge in [0.25, 0.3) is 5.91 Å². The average Bonchev–Trinajstić information content (AvgIpc) is 3.18. The van der Waals surface area contributed by atoms with Crippen LogP contribution in [0.1, 0.15) is 5.56 Å². The van der Waals surface area contributed by atoms with E-state index in [9.17, 15) is 18.0 Å². The van der Waals surface area contributed by atoms with Crippen molar-refractivity contribution in [1.29, 1.82) is 0 Å². The molecule has 0 aromatic heterocycles. The molecule has 0 spiro atoms. The van der Waals surface area contributed by atoms with Crippen molar-refractivity contribution in [2.24, 2.45) is 0 Å². The molecule has 0 saturated heterocycles. The maximum absolute atomic E-state index is 12.9. The van der Waals surface area contributed by atoms with Crippen LogP contribution in [-0.2, 0) is 30.6 Å². The number of esters is 1. The van der Waals surface area contributed by atoms with E-state index < -0.39 is 34.4 Å². The standard InChI is InChI=1S/C26H23NO5S/c28-25(27(23-9-5-2-6-10-23)24-15-16-33(30,31)19-24)18-32-26(29)17-20-11-13-22(14-12-20)21-7-3-1-4-8-21/h1-16,24H,17-19H2. The second-order valence-corrected chi connectivity index (χ2v) is 9.66. The molecule has 1 unspecified atom stereocenters. The molecule has 0 bridgehead atoms. The Morgan fingerprint density at radius 1 is 0.848 bits per heavy atom. The van der Waals surface area contributed by atoms with Gasteiger partial charge in [-0.05, 0) is 34.9 Å². The second kappa shape index (κ2) is 9.83. The molecule has 3 aromatic rings. The summed E-state index contributed by atoms with van der Waals surface area (Å²) >= 11 is 0. The molecule has 6 nitrogen and oxygen atoms in total. The first-order valence-electron chi connectivity index (χ1n) is 10.5. The van der Waals surface area contributed by atoms with Crippen molar-refractivity contribution in [1.82, 2.24) is 0 Å². The fourth-order valence-electron chi connectivity index (χ4n) is 3.70. The van der Waals surface area contributed by atoms with Crippen LogP contribution in [0.4, 0.5) is 5.69 Å². The summed E-state index contributed by atoms with van der Waals surface area (Å²) in [6, 6.07) is 25.6. The van der Waals surface area contributed by atoms with Crippen LogP contribution in [0.5, 0.6) is 0 Å². The summed E-state index contributed by atoms with van der Waals surface area (Å²) in [4.78, 5) is 26.6. The lowest BCUT2D eigenvalue weighted by atomic mass is 10.0. The van der Waals surface area contributed by atoms with Gasteiger partial charge in [-0.3, -0.25) is 9.59 Å². The fourth-order valence-corrected chi connectivity index (χ4v) is 4.97. The van der Waals surface area contributed by atoms with Crippen molar-refractivity contribution in [3.05, 3.63) is 102 Å². The summed E-state index contributed by atoms with van der Waals surface area (Å²) in [6.45, 7) is -0.472. The monoisotopic (exact) mass is 461 g/mol. The summed E-state index contributed by atoms with van der Waals surface area (Å²) in [7, 11) is -3.36. The number of carbonyl (C=O) groups is 2. The van der Waals surface area contributed by atoms with Gasteiger partial charge in [0, 0.05) is 11.1 Å². The van der Waals surface area contributed by atoms with E-state index in [1.807, 2.05) is 54.6 Å². The Hall–Kier alpha value is -3.71. The largest absolute Gasteiger partial charge is 0.455 e. The van der Waals surface area contributed by atoms with E-state index in [1.54, 1.807) is 30.3 Å². The first-order valence-corrected chi connectivity index (χ1v) is 12.2. The zero-order chi connectivity index (χ0) is 23.3. The number of hydrogen-bond acceptors (Lipinski definition) is 5. The average molecular weight is 462 g/mol. The molecule has 168 valence electrons. The molecule has 0 aliphatic carbocycles. The molecule has 1 aliphatic rings. The minimum Gasteiger partial charge on any atom is -0.455 e. The summed E-state index contributed by atoms with van der Waals surface area (Å²) < 4.78 is 29.0. The second-order valence-electron chi connectivity index (χ2n) is 7.73. The van der Waals surface area contributed by atoms with Gasteiger partial charge in [0.1, 0.15) is 0 Å².